The molecule has 1 saturated heterocycles. The molecule has 3 aromatic carbocycles. The Kier molecular flexibility index (Phi) is 7.69. The van der Waals surface area contributed by atoms with Crippen LogP contribution < -0.4 is 29.0 Å². The van der Waals surface area contributed by atoms with E-state index >= 15 is 0 Å². The fraction of sp³-hybridized carbons (Fsp3) is 0.286. The molecule has 2 amide bonds. The predicted octanol–water partition coefficient (Wildman–Crippen LogP) is 4.15. The molecule has 9 nitrogen and oxygen atoms in total. The Morgan fingerprint density at radius 1 is 0.974 bits per heavy atom. The molecule has 1 N–H and O–H groups in total. The summed E-state index contributed by atoms with van der Waals surface area (Å²) in [5.41, 5.74) is 1.79. The van der Waals surface area contributed by atoms with Crippen molar-refractivity contribution in [1.82, 2.24) is 10.2 Å². The van der Waals surface area contributed by atoms with E-state index in [4.69, 9.17) is 23.7 Å². The summed E-state index contributed by atoms with van der Waals surface area (Å²) in [6.45, 7) is 0.400. The minimum absolute atomic E-state index is 0.160. The van der Waals surface area contributed by atoms with Crippen LogP contribution in [0.25, 0.3) is 0 Å². The van der Waals surface area contributed by atoms with Crippen LogP contribution in [0.1, 0.15) is 26.9 Å². The van der Waals surface area contributed by atoms with Crippen molar-refractivity contribution in [3.8, 4) is 28.7 Å². The third-order valence-electron chi connectivity index (χ3n) is 6.51. The van der Waals surface area contributed by atoms with Gasteiger partial charge in [-0.1, -0.05) is 18.2 Å². The van der Waals surface area contributed by atoms with Gasteiger partial charge in [-0.15, -0.1) is 11.8 Å². The Balaban J connectivity index is 1.44. The second-order valence-electron chi connectivity index (χ2n) is 8.78. The van der Waals surface area contributed by atoms with Crippen molar-refractivity contribution >= 4 is 23.6 Å². The lowest BCUT2D eigenvalue weighted by atomic mass is 10.1. The number of benzene rings is 3. The molecule has 2 unspecified atom stereocenters. The summed E-state index contributed by atoms with van der Waals surface area (Å²) in [6, 6.07) is 13.7. The number of carbonyl (C=O) groups is 2. The molecule has 11 heteroatoms. The van der Waals surface area contributed by atoms with Crippen LogP contribution in [0, 0.1) is 5.82 Å². The number of hydrogen-bond acceptors (Lipinski definition) is 8. The summed E-state index contributed by atoms with van der Waals surface area (Å²) in [5.74, 6) is 1.49. The Labute approximate surface area is 229 Å². The number of halogens is 1. The number of methoxy groups -OCH3 is 3. The first-order valence-electron chi connectivity index (χ1n) is 12.1. The Morgan fingerprint density at radius 3 is 2.33 bits per heavy atom. The maximum atomic E-state index is 14.0. The molecule has 2 heterocycles. The first-order valence-corrected chi connectivity index (χ1v) is 13.1. The van der Waals surface area contributed by atoms with Crippen LogP contribution in [0.5, 0.6) is 28.7 Å². The average Bonchev–Trinajstić information content (AvgIpc) is 3.62. The van der Waals surface area contributed by atoms with Gasteiger partial charge < -0.3 is 33.9 Å². The fourth-order valence-corrected chi connectivity index (χ4v) is 5.98. The van der Waals surface area contributed by atoms with Gasteiger partial charge in [-0.05, 0) is 47.5 Å². The van der Waals surface area contributed by atoms with E-state index in [1.807, 2.05) is 12.1 Å². The van der Waals surface area contributed by atoms with Gasteiger partial charge in [0.25, 0.3) is 5.91 Å². The quantitative estimate of drug-likeness (QED) is 0.444. The molecule has 2 aliphatic heterocycles. The normalized spacial score (nSPS) is 17.6. The van der Waals surface area contributed by atoms with Crippen molar-refractivity contribution in [2.24, 2.45) is 0 Å². The van der Waals surface area contributed by atoms with Gasteiger partial charge in [0.2, 0.25) is 18.4 Å². The van der Waals surface area contributed by atoms with Crippen LogP contribution in [0.3, 0.4) is 0 Å². The van der Waals surface area contributed by atoms with Crippen LogP contribution in [0.4, 0.5) is 4.39 Å². The number of rotatable bonds is 8. The zero-order valence-corrected chi connectivity index (χ0v) is 22.4. The van der Waals surface area contributed by atoms with E-state index < -0.39 is 17.3 Å². The van der Waals surface area contributed by atoms with Gasteiger partial charge in [0, 0.05) is 17.9 Å². The summed E-state index contributed by atoms with van der Waals surface area (Å²) in [4.78, 5) is 29.0. The summed E-state index contributed by atoms with van der Waals surface area (Å²) in [6.07, 6.45) is 0. The standard InChI is InChI=1S/C28H27FN2O7S/c1-34-23-11-18(12-24(35-2)25(23)36-3)27(33)31-20(14-39-28(31)17-5-7-19(29)8-6-17)26(32)30-13-16-4-9-21-22(10-16)38-15-37-21/h4-12,20,28H,13-15H2,1-3H3,(H,30,32). The monoisotopic (exact) mass is 554 g/mol. The number of carbonyl (C=O) groups excluding carboxylic acids is 2. The van der Waals surface area contributed by atoms with E-state index in [9.17, 15) is 14.0 Å². The molecule has 0 aromatic heterocycles. The van der Waals surface area contributed by atoms with Crippen molar-refractivity contribution in [2.45, 2.75) is 18.0 Å². The lowest BCUT2D eigenvalue weighted by Crippen LogP contribution is -2.47. The van der Waals surface area contributed by atoms with Crippen molar-refractivity contribution < 1.29 is 37.7 Å². The molecule has 5 rings (SSSR count). The van der Waals surface area contributed by atoms with Crippen molar-refractivity contribution in [1.29, 1.82) is 0 Å². The maximum Gasteiger partial charge on any atom is 0.256 e. The third-order valence-corrected chi connectivity index (χ3v) is 7.83. The molecule has 2 atom stereocenters. The molecule has 0 bridgehead atoms. The Hall–Kier alpha value is -4.12. The summed E-state index contributed by atoms with van der Waals surface area (Å²) in [5, 5.41) is 2.43. The number of nitrogens with zero attached hydrogens (tertiary/aromatic N) is 1. The van der Waals surface area contributed by atoms with Gasteiger partial charge in [-0.3, -0.25) is 9.59 Å². The van der Waals surface area contributed by atoms with Crippen LogP contribution in [-0.2, 0) is 11.3 Å². The Morgan fingerprint density at radius 2 is 1.67 bits per heavy atom. The first-order chi connectivity index (χ1) is 18.9. The number of nitrogens with one attached hydrogen (secondary N) is 1. The molecule has 1 fully saturated rings. The van der Waals surface area contributed by atoms with Gasteiger partial charge in [-0.25, -0.2) is 4.39 Å². The molecular formula is C28H27FN2O7S. The van der Waals surface area contributed by atoms with E-state index in [1.165, 1.54) is 50.1 Å². The summed E-state index contributed by atoms with van der Waals surface area (Å²) < 4.78 is 40.7. The van der Waals surface area contributed by atoms with Crippen LogP contribution in [0.15, 0.2) is 54.6 Å². The summed E-state index contributed by atoms with van der Waals surface area (Å²) in [7, 11) is 4.40. The molecule has 204 valence electrons. The van der Waals surface area contributed by atoms with E-state index in [0.717, 1.165) is 5.56 Å². The lowest BCUT2D eigenvalue weighted by molar-refractivity contribution is -0.125. The molecule has 0 radical (unpaired) electrons. The highest BCUT2D eigenvalue weighted by atomic mass is 32.2. The van der Waals surface area contributed by atoms with Gasteiger partial charge >= 0.3 is 0 Å². The van der Waals surface area contributed by atoms with Crippen LogP contribution in [0.2, 0.25) is 0 Å². The van der Waals surface area contributed by atoms with Crippen LogP contribution in [-0.4, -0.2) is 56.6 Å². The molecule has 39 heavy (non-hydrogen) atoms. The van der Waals surface area contributed by atoms with Crippen molar-refractivity contribution in [2.75, 3.05) is 33.9 Å². The van der Waals surface area contributed by atoms with E-state index in [0.29, 0.717) is 40.1 Å². The number of fused-ring (bicyclic) bond motifs is 1. The highest BCUT2D eigenvalue weighted by Gasteiger charge is 2.43. The minimum Gasteiger partial charge on any atom is -0.493 e. The number of hydrogen-bond donors (Lipinski definition) is 1. The smallest absolute Gasteiger partial charge is 0.256 e. The largest absolute Gasteiger partial charge is 0.493 e. The second kappa shape index (κ2) is 11.3. The van der Waals surface area contributed by atoms with Gasteiger partial charge in [-0.2, -0.15) is 0 Å². The molecule has 0 aliphatic carbocycles. The second-order valence-corrected chi connectivity index (χ2v) is 9.90. The van der Waals surface area contributed by atoms with E-state index in [2.05, 4.69) is 5.32 Å². The van der Waals surface area contributed by atoms with Gasteiger partial charge in [0.15, 0.2) is 23.0 Å². The van der Waals surface area contributed by atoms with Crippen LogP contribution >= 0.6 is 11.8 Å². The first kappa shape index (κ1) is 26.5. The molecule has 0 saturated carbocycles. The SMILES string of the molecule is COc1cc(C(=O)N2C(C(=O)NCc3ccc4c(c3)OCO4)CSC2c2ccc(F)cc2)cc(OC)c1OC. The molecule has 0 spiro atoms. The van der Waals surface area contributed by atoms with E-state index in [1.54, 1.807) is 30.3 Å². The molecular weight excluding hydrogens is 527 g/mol. The highest BCUT2D eigenvalue weighted by molar-refractivity contribution is 7.99. The molecule has 3 aromatic rings. The number of ether oxygens (including phenoxy) is 5. The zero-order chi connectivity index (χ0) is 27.5. The Bertz CT molecular complexity index is 1360. The van der Waals surface area contributed by atoms with Gasteiger partial charge in [0.05, 0.1) is 21.3 Å². The number of thioether (sulfide) groups is 1. The van der Waals surface area contributed by atoms with Crippen molar-refractivity contribution in [3.63, 3.8) is 0 Å². The van der Waals surface area contributed by atoms with Crippen molar-refractivity contribution in [3.05, 3.63) is 77.1 Å². The van der Waals surface area contributed by atoms with Gasteiger partial charge in [0.1, 0.15) is 17.2 Å². The fourth-order valence-electron chi connectivity index (χ4n) is 4.55. The topological polar surface area (TPSA) is 95.6 Å². The molecule has 2 aliphatic rings. The lowest BCUT2D eigenvalue weighted by Gasteiger charge is -2.29. The minimum atomic E-state index is -0.786. The maximum absolute atomic E-state index is 14.0. The average molecular weight is 555 g/mol. The highest BCUT2D eigenvalue weighted by Crippen LogP contribution is 2.44. The third kappa shape index (κ3) is 5.26. The number of amides is 2. The zero-order valence-electron chi connectivity index (χ0n) is 21.6. The predicted molar refractivity (Wildman–Crippen MR) is 142 cm³/mol. The summed E-state index contributed by atoms with van der Waals surface area (Å²) >= 11 is 1.43. The van der Waals surface area contributed by atoms with E-state index in [-0.39, 0.29) is 30.6 Å².